The number of halogens is 6. The molecule has 1 aromatic carbocycles. The first-order valence-corrected chi connectivity index (χ1v) is 15.9. The van der Waals surface area contributed by atoms with Gasteiger partial charge in [0.2, 0.25) is 5.60 Å². The Balaban J connectivity index is 1.82. The van der Waals surface area contributed by atoms with Crippen molar-refractivity contribution in [1.82, 2.24) is 20.1 Å². The molecule has 0 spiro atoms. The lowest BCUT2D eigenvalue weighted by atomic mass is 9.86. The molecule has 3 aromatic rings. The van der Waals surface area contributed by atoms with Gasteiger partial charge in [0, 0.05) is 31.8 Å². The Morgan fingerprint density at radius 1 is 1.12 bits per heavy atom. The van der Waals surface area contributed by atoms with Gasteiger partial charge in [-0.2, -0.15) is 13.2 Å². The first kappa shape index (κ1) is 37.6. The van der Waals surface area contributed by atoms with Gasteiger partial charge in [-0.3, -0.25) is 10.1 Å². The molecular weight excluding hydrogens is 721 g/mol. The highest BCUT2D eigenvalue weighted by Crippen LogP contribution is 2.46. The molecule has 0 bridgehead atoms. The van der Waals surface area contributed by atoms with Crippen LogP contribution in [-0.2, 0) is 21.7 Å². The normalized spacial score (nSPS) is 15.9. The van der Waals surface area contributed by atoms with E-state index in [2.05, 4.69) is 49.6 Å². The van der Waals surface area contributed by atoms with Gasteiger partial charge in [-0.15, -0.1) is 23.4 Å². The van der Waals surface area contributed by atoms with E-state index in [1.807, 2.05) is 0 Å². The number of hydrogen-bond acceptors (Lipinski definition) is 8. The number of aromatic nitrogens is 3. The molecule has 1 unspecified atom stereocenters. The predicted octanol–water partition coefficient (Wildman–Crippen LogP) is 8.61. The van der Waals surface area contributed by atoms with Gasteiger partial charge in [-0.25, -0.2) is 18.6 Å². The smallest absolute Gasteiger partial charge is 0.426 e. The first-order chi connectivity index (χ1) is 22.9. The molecule has 2 aromatic heterocycles. The number of anilines is 1. The summed E-state index contributed by atoms with van der Waals surface area (Å²) in [6.45, 7) is 11.5. The van der Waals surface area contributed by atoms with E-state index in [1.54, 1.807) is 51.1 Å². The van der Waals surface area contributed by atoms with Gasteiger partial charge in [-0.05, 0) is 54.8 Å². The highest BCUT2D eigenvalue weighted by Gasteiger charge is 2.61. The molecule has 1 N–H and O–H groups in total. The lowest BCUT2D eigenvalue weighted by Crippen LogP contribution is -2.53. The van der Waals surface area contributed by atoms with E-state index in [0.717, 1.165) is 6.08 Å². The molecule has 4 rings (SSSR count). The van der Waals surface area contributed by atoms with Gasteiger partial charge >= 0.3 is 12.3 Å². The number of hydrogen-bond donors (Lipinski definition) is 1. The maximum atomic E-state index is 14.8. The number of ether oxygens (including phenoxy) is 2. The van der Waals surface area contributed by atoms with Crippen LogP contribution >= 0.6 is 15.9 Å². The molecule has 0 aliphatic heterocycles. The van der Waals surface area contributed by atoms with E-state index >= 15 is 0 Å². The molecule has 0 radical (unpaired) electrons. The molecule has 49 heavy (non-hydrogen) atoms. The number of amides is 2. The summed E-state index contributed by atoms with van der Waals surface area (Å²) < 4.78 is 88.6. The van der Waals surface area contributed by atoms with Crippen molar-refractivity contribution in [2.24, 2.45) is 0 Å². The van der Waals surface area contributed by atoms with E-state index in [4.69, 9.17) is 13.9 Å². The van der Waals surface area contributed by atoms with Crippen molar-refractivity contribution in [3.63, 3.8) is 0 Å². The van der Waals surface area contributed by atoms with Gasteiger partial charge in [-0.1, -0.05) is 42.5 Å². The largest absolute Gasteiger partial charge is 0.444 e. The zero-order valence-electron chi connectivity index (χ0n) is 27.0. The van der Waals surface area contributed by atoms with Crippen LogP contribution in [-0.4, -0.2) is 62.4 Å². The summed E-state index contributed by atoms with van der Waals surface area (Å²) in [5.41, 5.74) is -4.52. The second kappa shape index (κ2) is 14.7. The van der Waals surface area contributed by atoms with Crippen LogP contribution in [0, 0.1) is 0 Å². The van der Waals surface area contributed by atoms with E-state index in [9.17, 15) is 31.5 Å². The Kier molecular flexibility index (Phi) is 11.3. The molecule has 1 atom stereocenters. The third kappa shape index (κ3) is 8.90. The zero-order valence-corrected chi connectivity index (χ0v) is 28.5. The number of pyridine rings is 1. The summed E-state index contributed by atoms with van der Waals surface area (Å²) >= 11 is 3.26. The van der Waals surface area contributed by atoms with Crippen molar-refractivity contribution in [3.05, 3.63) is 83.3 Å². The van der Waals surface area contributed by atoms with Crippen LogP contribution in [0.15, 0.2) is 70.6 Å². The van der Waals surface area contributed by atoms with E-state index in [1.165, 1.54) is 17.0 Å². The second-order valence-electron chi connectivity index (χ2n) is 12.3. The quantitative estimate of drug-likeness (QED) is 0.136. The third-order valence-electron chi connectivity index (χ3n) is 7.35. The lowest BCUT2D eigenvalue weighted by Gasteiger charge is -2.42. The molecule has 264 valence electrons. The topological polar surface area (TPSA) is 120 Å². The SMILES string of the molecule is C=CCCN(C(=O)c1nc(-c2nnc(C(CC=C)(OCc3ccccc3)C(F)(F)F)o2)c(NC(=O)OC(C)(C)C)cc1Br)C1CC(F)(F)C1. The summed E-state index contributed by atoms with van der Waals surface area (Å²) in [5.74, 6) is -5.30. The van der Waals surface area contributed by atoms with Gasteiger partial charge < -0.3 is 18.8 Å². The molecular formula is C33H35BrF5N5O5. The lowest BCUT2D eigenvalue weighted by molar-refractivity contribution is -0.295. The molecule has 10 nitrogen and oxygen atoms in total. The van der Waals surface area contributed by atoms with Crippen molar-refractivity contribution in [1.29, 1.82) is 0 Å². The number of benzene rings is 1. The molecule has 1 aliphatic rings. The van der Waals surface area contributed by atoms with E-state index in [0.29, 0.717) is 5.56 Å². The number of carbonyl (C=O) groups excluding carboxylic acids is 2. The number of alkyl halides is 5. The average molecular weight is 757 g/mol. The maximum Gasteiger partial charge on any atom is 0.426 e. The van der Waals surface area contributed by atoms with Crippen LogP contribution < -0.4 is 5.32 Å². The predicted molar refractivity (Wildman–Crippen MR) is 173 cm³/mol. The van der Waals surface area contributed by atoms with Crippen LogP contribution in [0.1, 0.15) is 68.4 Å². The summed E-state index contributed by atoms with van der Waals surface area (Å²) in [6, 6.07) is 8.57. The Morgan fingerprint density at radius 3 is 2.37 bits per heavy atom. The number of nitrogens with zero attached hydrogens (tertiary/aromatic N) is 4. The van der Waals surface area contributed by atoms with Gasteiger partial charge in [0.15, 0.2) is 5.69 Å². The van der Waals surface area contributed by atoms with E-state index < -0.39 is 84.7 Å². The standard InChI is InChI=1S/C33H35BrF5N5O5/c1-6-8-15-44(21-17-31(35,36)18-21)27(45)24-22(34)16-23(40-29(46)49-30(3,4)5)25(41-24)26-42-43-28(48-26)32(14-7-2,33(37,38)39)47-19-20-12-10-9-11-13-20/h6-7,9-13,16,21H,1-2,8,14-15,17-19H2,3-5H3,(H,40,46). The van der Waals surface area contributed by atoms with Crippen molar-refractivity contribution >= 4 is 33.6 Å². The van der Waals surface area contributed by atoms with Crippen molar-refractivity contribution in [2.75, 3.05) is 11.9 Å². The van der Waals surface area contributed by atoms with Gasteiger partial charge in [0.25, 0.3) is 23.6 Å². The maximum absolute atomic E-state index is 14.8. The van der Waals surface area contributed by atoms with E-state index in [-0.39, 0.29) is 28.8 Å². The molecule has 2 heterocycles. The van der Waals surface area contributed by atoms with Crippen LogP contribution in [0.5, 0.6) is 0 Å². The number of carbonyl (C=O) groups is 2. The third-order valence-corrected chi connectivity index (χ3v) is 7.95. The zero-order chi connectivity index (χ0) is 36.2. The summed E-state index contributed by atoms with van der Waals surface area (Å²) in [7, 11) is 0. The van der Waals surface area contributed by atoms with Crippen LogP contribution in [0.2, 0.25) is 0 Å². The number of nitrogens with one attached hydrogen (secondary N) is 1. The van der Waals surface area contributed by atoms with Gasteiger partial charge in [0.1, 0.15) is 11.3 Å². The molecule has 1 fully saturated rings. The van der Waals surface area contributed by atoms with Crippen LogP contribution in [0.25, 0.3) is 11.6 Å². The van der Waals surface area contributed by atoms with Gasteiger partial charge in [0.05, 0.1) is 16.8 Å². The summed E-state index contributed by atoms with van der Waals surface area (Å²) in [5, 5.41) is 9.95. The Bertz CT molecular complexity index is 1670. The Morgan fingerprint density at radius 2 is 1.80 bits per heavy atom. The van der Waals surface area contributed by atoms with Crippen molar-refractivity contribution < 1.29 is 45.4 Å². The Hall–Kier alpha value is -4.18. The monoisotopic (exact) mass is 755 g/mol. The molecule has 2 amide bonds. The highest BCUT2D eigenvalue weighted by molar-refractivity contribution is 9.10. The minimum Gasteiger partial charge on any atom is -0.444 e. The first-order valence-electron chi connectivity index (χ1n) is 15.1. The Labute approximate surface area is 287 Å². The van der Waals surface area contributed by atoms with Crippen LogP contribution in [0.4, 0.5) is 32.4 Å². The van der Waals surface area contributed by atoms with Crippen LogP contribution in [0.3, 0.4) is 0 Å². The summed E-state index contributed by atoms with van der Waals surface area (Å²) in [4.78, 5) is 32.2. The van der Waals surface area contributed by atoms with Crippen molar-refractivity contribution in [2.45, 2.75) is 82.4 Å². The fourth-order valence-corrected chi connectivity index (χ4v) is 5.46. The number of rotatable bonds is 13. The second-order valence-corrected chi connectivity index (χ2v) is 13.2. The highest BCUT2D eigenvalue weighted by atomic mass is 79.9. The fourth-order valence-electron chi connectivity index (χ4n) is 4.97. The molecule has 1 aliphatic carbocycles. The fraction of sp³-hybridized carbons (Fsp3) is 0.424. The minimum absolute atomic E-state index is 0.0317. The average Bonchev–Trinajstić information content (AvgIpc) is 3.48. The minimum atomic E-state index is -5.08. The summed E-state index contributed by atoms with van der Waals surface area (Å²) in [6.07, 6.45) is -5.17. The molecule has 0 saturated heterocycles. The molecule has 16 heteroatoms. The van der Waals surface area contributed by atoms with Crippen molar-refractivity contribution in [3.8, 4) is 11.6 Å². The molecule has 1 saturated carbocycles.